The molecule has 1 aromatic rings. The van der Waals surface area contributed by atoms with Gasteiger partial charge in [-0.2, -0.15) is 0 Å². The predicted molar refractivity (Wildman–Crippen MR) is 90.4 cm³/mol. The lowest BCUT2D eigenvalue weighted by Crippen LogP contribution is -2.45. The lowest BCUT2D eigenvalue weighted by Gasteiger charge is -2.30. The number of esters is 1. The molecular weight excluding hydrogens is 290 g/mol. The summed E-state index contributed by atoms with van der Waals surface area (Å²) < 4.78 is 5.32. The van der Waals surface area contributed by atoms with Crippen LogP contribution < -0.4 is 5.32 Å². The minimum Gasteiger partial charge on any atom is -0.449 e. The molecule has 1 N–H and O–H groups in total. The Kier molecular flexibility index (Phi) is 5.80. The Hall–Kier alpha value is -1.84. The average molecular weight is 317 g/mol. The zero-order valence-electron chi connectivity index (χ0n) is 14.5. The number of hydrogen-bond donors (Lipinski definition) is 1. The van der Waals surface area contributed by atoms with Crippen molar-refractivity contribution >= 4 is 11.9 Å². The van der Waals surface area contributed by atoms with Gasteiger partial charge < -0.3 is 10.1 Å². The van der Waals surface area contributed by atoms with E-state index in [0.29, 0.717) is 11.5 Å². The van der Waals surface area contributed by atoms with Gasteiger partial charge in [0.25, 0.3) is 5.91 Å². The second-order valence-electron chi connectivity index (χ2n) is 6.72. The number of aryl methyl sites for hydroxylation is 2. The molecule has 0 bridgehead atoms. The molecule has 0 aromatic heterocycles. The molecule has 0 aliphatic heterocycles. The number of carbonyl (C=O) groups is 2. The van der Waals surface area contributed by atoms with Crippen LogP contribution in [0.25, 0.3) is 0 Å². The molecule has 4 heteroatoms. The van der Waals surface area contributed by atoms with Gasteiger partial charge >= 0.3 is 5.97 Å². The van der Waals surface area contributed by atoms with E-state index < -0.39 is 12.1 Å². The maximum atomic E-state index is 12.3. The van der Waals surface area contributed by atoms with E-state index in [2.05, 4.69) is 12.2 Å². The number of ether oxygens (including phenoxy) is 1. The van der Waals surface area contributed by atoms with Crippen molar-refractivity contribution in [2.24, 2.45) is 5.92 Å². The van der Waals surface area contributed by atoms with Crippen LogP contribution in [0.5, 0.6) is 0 Å². The minimum absolute atomic E-state index is 0.194. The van der Waals surface area contributed by atoms with E-state index >= 15 is 0 Å². The van der Waals surface area contributed by atoms with Crippen LogP contribution in [0, 0.1) is 19.8 Å². The summed E-state index contributed by atoms with van der Waals surface area (Å²) in [5, 5.41) is 3.03. The number of benzene rings is 1. The fourth-order valence-electron chi connectivity index (χ4n) is 2.98. The van der Waals surface area contributed by atoms with Gasteiger partial charge in [-0.1, -0.05) is 25.8 Å². The van der Waals surface area contributed by atoms with Crippen molar-refractivity contribution < 1.29 is 14.3 Å². The quantitative estimate of drug-likeness (QED) is 0.864. The highest BCUT2D eigenvalue weighted by Gasteiger charge is 2.26. The molecule has 3 atom stereocenters. The van der Waals surface area contributed by atoms with Gasteiger partial charge in [0, 0.05) is 6.04 Å². The Balaban J connectivity index is 1.92. The molecule has 4 nitrogen and oxygen atoms in total. The minimum atomic E-state index is -0.779. The molecule has 1 aromatic carbocycles. The number of rotatable bonds is 4. The zero-order valence-corrected chi connectivity index (χ0v) is 14.5. The van der Waals surface area contributed by atoms with Gasteiger partial charge in [-0.25, -0.2) is 4.79 Å². The SMILES string of the molecule is Cc1ccc(C(=O)O[C@@H](C)C(=O)N[C@H]2CCCC[C@@H]2C)cc1C. The van der Waals surface area contributed by atoms with E-state index in [1.807, 2.05) is 19.9 Å². The standard InChI is InChI=1S/C19H27NO3/c1-12-9-10-16(11-14(12)3)19(22)23-15(4)18(21)20-17-8-6-5-7-13(17)2/h9-11,13,15,17H,5-8H2,1-4H3,(H,20,21)/t13-,15-,17-/m0/s1. The molecule has 126 valence electrons. The van der Waals surface area contributed by atoms with Crippen molar-refractivity contribution in [3.05, 3.63) is 34.9 Å². The summed E-state index contributed by atoms with van der Waals surface area (Å²) in [6.07, 6.45) is 3.74. The van der Waals surface area contributed by atoms with E-state index in [0.717, 1.165) is 30.4 Å². The van der Waals surface area contributed by atoms with E-state index in [9.17, 15) is 9.59 Å². The highest BCUT2D eigenvalue weighted by atomic mass is 16.5. The number of carbonyl (C=O) groups excluding carboxylic acids is 2. The smallest absolute Gasteiger partial charge is 0.338 e. The summed E-state index contributed by atoms with van der Waals surface area (Å²) in [4.78, 5) is 24.4. The largest absolute Gasteiger partial charge is 0.449 e. The van der Waals surface area contributed by atoms with Crippen LogP contribution in [0.3, 0.4) is 0 Å². The summed E-state index contributed by atoms with van der Waals surface area (Å²) in [5.41, 5.74) is 2.64. The number of hydrogen-bond acceptors (Lipinski definition) is 3. The van der Waals surface area contributed by atoms with Crippen LogP contribution >= 0.6 is 0 Å². The average Bonchev–Trinajstić information content (AvgIpc) is 2.52. The van der Waals surface area contributed by atoms with E-state index in [4.69, 9.17) is 4.74 Å². The van der Waals surface area contributed by atoms with E-state index in [-0.39, 0.29) is 11.9 Å². The molecule has 0 heterocycles. The molecular formula is C19H27NO3. The van der Waals surface area contributed by atoms with Gasteiger partial charge in [-0.05, 0) is 62.8 Å². The third-order valence-electron chi connectivity index (χ3n) is 4.83. The molecule has 0 spiro atoms. The first-order valence-corrected chi connectivity index (χ1v) is 8.47. The molecule has 23 heavy (non-hydrogen) atoms. The highest BCUT2D eigenvalue weighted by molar-refractivity contribution is 5.92. The Morgan fingerprint density at radius 1 is 1.17 bits per heavy atom. The molecule has 1 amide bonds. The van der Waals surface area contributed by atoms with Crippen molar-refractivity contribution in [3.63, 3.8) is 0 Å². The van der Waals surface area contributed by atoms with Crippen LogP contribution in [-0.2, 0) is 9.53 Å². The van der Waals surface area contributed by atoms with Crippen molar-refractivity contribution in [1.82, 2.24) is 5.32 Å². The maximum Gasteiger partial charge on any atom is 0.338 e. The monoisotopic (exact) mass is 317 g/mol. The van der Waals surface area contributed by atoms with Crippen LogP contribution in [-0.4, -0.2) is 24.0 Å². The first-order valence-electron chi connectivity index (χ1n) is 8.47. The summed E-state index contributed by atoms with van der Waals surface area (Å²) in [5.74, 6) is -0.177. The van der Waals surface area contributed by atoms with Crippen LogP contribution in [0.4, 0.5) is 0 Å². The second-order valence-corrected chi connectivity index (χ2v) is 6.72. The Bertz CT molecular complexity index is 582. The fraction of sp³-hybridized carbons (Fsp3) is 0.579. The van der Waals surface area contributed by atoms with Gasteiger partial charge in [0.2, 0.25) is 0 Å². The molecule has 0 radical (unpaired) electrons. The van der Waals surface area contributed by atoms with Crippen molar-refractivity contribution in [3.8, 4) is 0 Å². The second kappa shape index (κ2) is 7.62. The molecule has 0 unspecified atom stereocenters. The number of amides is 1. The van der Waals surface area contributed by atoms with Crippen LogP contribution in [0.2, 0.25) is 0 Å². The first kappa shape index (κ1) is 17.5. The summed E-state index contributed by atoms with van der Waals surface area (Å²) in [7, 11) is 0. The van der Waals surface area contributed by atoms with Crippen molar-refractivity contribution in [1.29, 1.82) is 0 Å². The summed E-state index contributed by atoms with van der Waals surface area (Å²) >= 11 is 0. The van der Waals surface area contributed by atoms with Gasteiger partial charge in [-0.15, -0.1) is 0 Å². The van der Waals surface area contributed by atoms with Gasteiger partial charge in [0.15, 0.2) is 6.10 Å². The maximum absolute atomic E-state index is 12.3. The van der Waals surface area contributed by atoms with E-state index in [1.54, 1.807) is 19.1 Å². The van der Waals surface area contributed by atoms with Gasteiger partial charge in [0.1, 0.15) is 0 Å². The highest BCUT2D eigenvalue weighted by Crippen LogP contribution is 2.23. The van der Waals surface area contributed by atoms with Crippen molar-refractivity contribution in [2.75, 3.05) is 0 Å². The van der Waals surface area contributed by atoms with Crippen LogP contribution in [0.1, 0.15) is 61.0 Å². The third kappa shape index (κ3) is 4.57. The van der Waals surface area contributed by atoms with Gasteiger partial charge in [0.05, 0.1) is 5.56 Å². The molecule has 1 aliphatic rings. The lowest BCUT2D eigenvalue weighted by atomic mass is 9.86. The zero-order chi connectivity index (χ0) is 17.0. The Morgan fingerprint density at radius 3 is 2.52 bits per heavy atom. The van der Waals surface area contributed by atoms with Crippen molar-refractivity contribution in [2.45, 2.75) is 65.5 Å². The predicted octanol–water partition coefficient (Wildman–Crippen LogP) is 3.54. The third-order valence-corrected chi connectivity index (χ3v) is 4.83. The molecule has 2 rings (SSSR count). The summed E-state index contributed by atoms with van der Waals surface area (Å²) in [6, 6.07) is 5.61. The Morgan fingerprint density at radius 2 is 1.87 bits per heavy atom. The lowest BCUT2D eigenvalue weighted by molar-refractivity contribution is -0.130. The Labute approximate surface area is 138 Å². The first-order chi connectivity index (χ1) is 10.9. The molecule has 0 saturated heterocycles. The van der Waals surface area contributed by atoms with Crippen LogP contribution in [0.15, 0.2) is 18.2 Å². The topological polar surface area (TPSA) is 55.4 Å². The molecule has 1 saturated carbocycles. The molecule has 1 aliphatic carbocycles. The fourth-order valence-corrected chi connectivity index (χ4v) is 2.98. The molecule has 1 fully saturated rings. The normalized spacial score (nSPS) is 22.3. The number of nitrogens with one attached hydrogen (secondary N) is 1. The summed E-state index contributed by atoms with van der Waals surface area (Å²) in [6.45, 7) is 7.73. The van der Waals surface area contributed by atoms with E-state index in [1.165, 1.54) is 6.42 Å². The van der Waals surface area contributed by atoms with Gasteiger partial charge in [-0.3, -0.25) is 4.79 Å².